The number of nitrogens with zero attached hydrogens (tertiary/aromatic N) is 3. The maximum atomic E-state index is 12.4. The number of aromatic nitrogens is 2. The van der Waals surface area contributed by atoms with Crippen molar-refractivity contribution in [3.8, 4) is 0 Å². The van der Waals surface area contributed by atoms with Gasteiger partial charge in [-0.1, -0.05) is 23.2 Å². The molecule has 1 fully saturated rings. The van der Waals surface area contributed by atoms with Crippen LogP contribution in [0.1, 0.15) is 10.5 Å². The SMILES string of the molecule is O=C(c1cc(Nc2ccc(Cl)c(Cl)c2)ncn1)N1CCOCC1. The number of halogens is 2. The third-order valence-corrected chi connectivity index (χ3v) is 4.12. The maximum absolute atomic E-state index is 12.4. The van der Waals surface area contributed by atoms with Gasteiger partial charge in [0.2, 0.25) is 0 Å². The molecule has 0 spiro atoms. The van der Waals surface area contributed by atoms with Gasteiger partial charge < -0.3 is 15.0 Å². The molecule has 1 aliphatic rings. The molecular weight excluding hydrogens is 339 g/mol. The first kappa shape index (κ1) is 16.0. The van der Waals surface area contributed by atoms with E-state index in [2.05, 4.69) is 15.3 Å². The lowest BCUT2D eigenvalue weighted by atomic mass is 10.3. The first-order valence-corrected chi connectivity index (χ1v) is 7.80. The van der Waals surface area contributed by atoms with E-state index in [0.717, 1.165) is 5.69 Å². The first-order valence-electron chi connectivity index (χ1n) is 7.04. The van der Waals surface area contributed by atoms with E-state index in [1.54, 1.807) is 29.2 Å². The number of anilines is 2. The molecule has 0 bridgehead atoms. The molecule has 1 aromatic heterocycles. The predicted octanol–water partition coefficient (Wildman–Crippen LogP) is 3.00. The molecular formula is C15H14Cl2N4O2. The normalized spacial score (nSPS) is 14.6. The topological polar surface area (TPSA) is 67.4 Å². The number of amides is 1. The Morgan fingerprint density at radius 3 is 2.65 bits per heavy atom. The van der Waals surface area contributed by atoms with Crippen LogP contribution in [0.15, 0.2) is 30.6 Å². The minimum Gasteiger partial charge on any atom is -0.378 e. The molecule has 8 heteroatoms. The van der Waals surface area contributed by atoms with Crippen LogP contribution < -0.4 is 5.32 Å². The number of ether oxygens (including phenoxy) is 1. The molecule has 120 valence electrons. The van der Waals surface area contributed by atoms with Crippen LogP contribution in [0.2, 0.25) is 10.0 Å². The molecule has 1 amide bonds. The van der Waals surface area contributed by atoms with Crippen LogP contribution in [-0.2, 0) is 4.74 Å². The van der Waals surface area contributed by atoms with Gasteiger partial charge >= 0.3 is 0 Å². The number of carbonyl (C=O) groups is 1. The van der Waals surface area contributed by atoms with Crippen LogP contribution in [0.5, 0.6) is 0 Å². The molecule has 1 aliphatic heterocycles. The van der Waals surface area contributed by atoms with E-state index in [4.69, 9.17) is 27.9 Å². The summed E-state index contributed by atoms with van der Waals surface area (Å²) in [6.45, 7) is 2.23. The Labute approximate surface area is 143 Å². The van der Waals surface area contributed by atoms with E-state index < -0.39 is 0 Å². The summed E-state index contributed by atoms with van der Waals surface area (Å²) in [7, 11) is 0. The summed E-state index contributed by atoms with van der Waals surface area (Å²) in [5.74, 6) is 0.378. The summed E-state index contributed by atoms with van der Waals surface area (Å²) in [5, 5.41) is 4.00. The molecule has 0 unspecified atom stereocenters. The smallest absolute Gasteiger partial charge is 0.272 e. The number of carbonyl (C=O) groups excluding carboxylic acids is 1. The second-order valence-electron chi connectivity index (χ2n) is 4.95. The summed E-state index contributed by atoms with van der Waals surface area (Å²) in [5.41, 5.74) is 1.06. The van der Waals surface area contributed by atoms with Crippen LogP contribution in [0.3, 0.4) is 0 Å². The lowest BCUT2D eigenvalue weighted by molar-refractivity contribution is 0.0299. The summed E-state index contributed by atoms with van der Waals surface area (Å²) in [6.07, 6.45) is 1.35. The Kier molecular flexibility index (Phi) is 4.95. The summed E-state index contributed by atoms with van der Waals surface area (Å²) >= 11 is 11.9. The molecule has 1 saturated heterocycles. The third-order valence-electron chi connectivity index (χ3n) is 3.38. The van der Waals surface area contributed by atoms with E-state index in [-0.39, 0.29) is 5.91 Å². The van der Waals surface area contributed by atoms with E-state index in [1.807, 2.05) is 0 Å². The van der Waals surface area contributed by atoms with Gasteiger partial charge in [-0.05, 0) is 18.2 Å². The standard InChI is InChI=1S/C15H14Cl2N4O2/c16-11-2-1-10(7-12(11)17)20-14-8-13(18-9-19-14)15(22)21-3-5-23-6-4-21/h1-2,7-9H,3-6H2,(H,18,19,20). The highest BCUT2D eigenvalue weighted by Crippen LogP contribution is 2.26. The van der Waals surface area contributed by atoms with Crippen molar-refractivity contribution in [1.82, 2.24) is 14.9 Å². The molecule has 2 heterocycles. The van der Waals surface area contributed by atoms with Crippen LogP contribution in [0, 0.1) is 0 Å². The molecule has 0 saturated carbocycles. The van der Waals surface area contributed by atoms with Gasteiger partial charge in [-0.25, -0.2) is 9.97 Å². The second-order valence-corrected chi connectivity index (χ2v) is 5.76. The predicted molar refractivity (Wildman–Crippen MR) is 88.5 cm³/mol. The van der Waals surface area contributed by atoms with Gasteiger partial charge in [-0.15, -0.1) is 0 Å². The number of morpholine rings is 1. The quantitative estimate of drug-likeness (QED) is 0.919. The number of hydrogen-bond acceptors (Lipinski definition) is 5. The van der Waals surface area contributed by atoms with Gasteiger partial charge in [0, 0.05) is 24.8 Å². The van der Waals surface area contributed by atoms with Crippen LogP contribution in [-0.4, -0.2) is 47.1 Å². The molecule has 23 heavy (non-hydrogen) atoms. The minimum atomic E-state index is -0.132. The molecule has 6 nitrogen and oxygen atoms in total. The Bertz CT molecular complexity index is 720. The van der Waals surface area contributed by atoms with Crippen molar-refractivity contribution in [1.29, 1.82) is 0 Å². The minimum absolute atomic E-state index is 0.132. The molecule has 1 N–H and O–H groups in total. The van der Waals surface area contributed by atoms with Crippen LogP contribution >= 0.6 is 23.2 Å². The maximum Gasteiger partial charge on any atom is 0.272 e. The van der Waals surface area contributed by atoms with Crippen molar-refractivity contribution in [2.75, 3.05) is 31.6 Å². The first-order chi connectivity index (χ1) is 11.1. The highest BCUT2D eigenvalue weighted by molar-refractivity contribution is 6.42. The number of rotatable bonds is 3. The van der Waals surface area contributed by atoms with Crippen molar-refractivity contribution in [3.63, 3.8) is 0 Å². The average Bonchev–Trinajstić information content (AvgIpc) is 2.58. The summed E-state index contributed by atoms with van der Waals surface area (Å²) < 4.78 is 5.25. The van der Waals surface area contributed by atoms with Crippen molar-refractivity contribution >= 4 is 40.6 Å². The van der Waals surface area contributed by atoms with Crippen molar-refractivity contribution < 1.29 is 9.53 Å². The van der Waals surface area contributed by atoms with Crippen LogP contribution in [0.4, 0.5) is 11.5 Å². The van der Waals surface area contributed by atoms with Crippen LogP contribution in [0.25, 0.3) is 0 Å². The van der Waals surface area contributed by atoms with Gasteiger partial charge in [0.15, 0.2) is 0 Å². The monoisotopic (exact) mass is 352 g/mol. The number of hydrogen-bond donors (Lipinski definition) is 1. The lowest BCUT2D eigenvalue weighted by Gasteiger charge is -2.26. The average molecular weight is 353 g/mol. The molecule has 3 rings (SSSR count). The summed E-state index contributed by atoms with van der Waals surface area (Å²) in [6, 6.07) is 6.77. The molecule has 0 atom stereocenters. The zero-order valence-electron chi connectivity index (χ0n) is 12.1. The zero-order chi connectivity index (χ0) is 16.2. The van der Waals surface area contributed by atoms with E-state index in [0.29, 0.717) is 47.9 Å². The fourth-order valence-electron chi connectivity index (χ4n) is 2.19. The van der Waals surface area contributed by atoms with Crippen molar-refractivity contribution in [3.05, 3.63) is 46.3 Å². The number of nitrogens with one attached hydrogen (secondary N) is 1. The fourth-order valence-corrected chi connectivity index (χ4v) is 2.49. The Hall–Kier alpha value is -1.89. The molecule has 2 aromatic rings. The highest BCUT2D eigenvalue weighted by atomic mass is 35.5. The van der Waals surface area contributed by atoms with Crippen molar-refractivity contribution in [2.24, 2.45) is 0 Å². The Morgan fingerprint density at radius 1 is 1.13 bits per heavy atom. The molecule has 0 aliphatic carbocycles. The molecule has 0 radical (unpaired) electrons. The molecule has 1 aromatic carbocycles. The summed E-state index contributed by atoms with van der Waals surface area (Å²) in [4.78, 5) is 22.3. The van der Waals surface area contributed by atoms with Gasteiger partial charge in [-0.2, -0.15) is 0 Å². The van der Waals surface area contributed by atoms with Gasteiger partial charge in [0.25, 0.3) is 5.91 Å². The Balaban J connectivity index is 1.76. The van der Waals surface area contributed by atoms with Crippen molar-refractivity contribution in [2.45, 2.75) is 0 Å². The lowest BCUT2D eigenvalue weighted by Crippen LogP contribution is -2.41. The van der Waals surface area contributed by atoms with E-state index in [9.17, 15) is 4.79 Å². The van der Waals surface area contributed by atoms with E-state index in [1.165, 1.54) is 6.33 Å². The number of benzene rings is 1. The van der Waals surface area contributed by atoms with Gasteiger partial charge in [0.05, 0.1) is 23.3 Å². The second kappa shape index (κ2) is 7.12. The Morgan fingerprint density at radius 2 is 1.91 bits per heavy atom. The van der Waals surface area contributed by atoms with Gasteiger partial charge in [-0.3, -0.25) is 4.79 Å². The van der Waals surface area contributed by atoms with E-state index >= 15 is 0 Å². The highest BCUT2D eigenvalue weighted by Gasteiger charge is 2.20. The largest absolute Gasteiger partial charge is 0.378 e. The third kappa shape index (κ3) is 3.90. The van der Waals surface area contributed by atoms with Gasteiger partial charge in [0.1, 0.15) is 17.8 Å². The zero-order valence-corrected chi connectivity index (χ0v) is 13.6. The fraction of sp³-hybridized carbons (Fsp3) is 0.267.